The quantitative estimate of drug-likeness (QED) is 0.739. The van der Waals surface area contributed by atoms with Gasteiger partial charge in [0.25, 0.3) is 11.1 Å². The zero-order valence-electron chi connectivity index (χ0n) is 12.1. The third-order valence-electron chi connectivity index (χ3n) is 3.50. The summed E-state index contributed by atoms with van der Waals surface area (Å²) in [4.78, 5) is 23.5. The lowest BCUT2D eigenvalue weighted by Crippen LogP contribution is -2.19. The van der Waals surface area contributed by atoms with Crippen LogP contribution in [0.2, 0.25) is 0 Å². The number of hydrogen-bond acceptors (Lipinski definition) is 2. The lowest BCUT2D eigenvalue weighted by molar-refractivity contribution is 0.743. The third kappa shape index (κ3) is 3.23. The van der Waals surface area contributed by atoms with Crippen LogP contribution in [0.1, 0.15) is 11.1 Å². The molecule has 3 aromatic rings. The molecule has 0 unspecified atom stereocenters. The Bertz CT molecular complexity index is 823. The second-order valence-corrected chi connectivity index (χ2v) is 5.15. The van der Waals surface area contributed by atoms with E-state index in [1.165, 1.54) is 0 Å². The Balaban J connectivity index is 1.84. The fourth-order valence-electron chi connectivity index (χ4n) is 2.40. The molecule has 4 heteroatoms. The fourth-order valence-corrected chi connectivity index (χ4v) is 2.40. The maximum atomic E-state index is 11.8. The molecule has 0 amide bonds. The van der Waals surface area contributed by atoms with Gasteiger partial charge in [0.2, 0.25) is 0 Å². The van der Waals surface area contributed by atoms with Gasteiger partial charge in [0.05, 0.1) is 13.1 Å². The summed E-state index contributed by atoms with van der Waals surface area (Å²) >= 11 is 0. The van der Waals surface area contributed by atoms with Crippen LogP contribution in [0.25, 0.3) is 0 Å². The predicted octanol–water partition coefficient (Wildman–Crippen LogP) is 2.11. The highest BCUT2D eigenvalue weighted by molar-refractivity contribution is 5.24. The second-order valence-electron chi connectivity index (χ2n) is 5.15. The van der Waals surface area contributed by atoms with Gasteiger partial charge < -0.3 is 9.13 Å². The van der Waals surface area contributed by atoms with E-state index in [0.717, 1.165) is 11.1 Å². The monoisotopic (exact) mass is 292 g/mol. The topological polar surface area (TPSA) is 44.0 Å². The molecule has 4 nitrogen and oxygen atoms in total. The van der Waals surface area contributed by atoms with Gasteiger partial charge in [-0.2, -0.15) is 0 Å². The number of aromatic nitrogens is 2. The molecular weight excluding hydrogens is 276 g/mol. The molecule has 0 spiro atoms. The highest BCUT2D eigenvalue weighted by Crippen LogP contribution is 2.07. The van der Waals surface area contributed by atoms with Gasteiger partial charge in [-0.05, 0) is 23.3 Å². The van der Waals surface area contributed by atoms with E-state index in [1.807, 2.05) is 36.4 Å². The molecule has 110 valence electrons. The van der Waals surface area contributed by atoms with Crippen molar-refractivity contribution in [3.8, 4) is 0 Å². The van der Waals surface area contributed by atoms with E-state index in [9.17, 15) is 9.59 Å². The zero-order valence-corrected chi connectivity index (χ0v) is 12.1. The molecule has 0 aliphatic heterocycles. The molecule has 0 N–H and O–H groups in total. The van der Waals surface area contributed by atoms with Crippen molar-refractivity contribution in [1.82, 2.24) is 9.13 Å². The van der Waals surface area contributed by atoms with Crippen molar-refractivity contribution in [1.29, 1.82) is 0 Å². The first kappa shape index (κ1) is 14.1. The molecule has 0 saturated heterocycles. The Kier molecular flexibility index (Phi) is 4.01. The van der Waals surface area contributed by atoms with E-state index in [4.69, 9.17) is 0 Å². The number of nitrogens with zero attached hydrogens (tertiary/aromatic N) is 2. The van der Waals surface area contributed by atoms with E-state index in [-0.39, 0.29) is 11.1 Å². The van der Waals surface area contributed by atoms with Crippen LogP contribution < -0.4 is 11.1 Å². The van der Waals surface area contributed by atoms with Crippen molar-refractivity contribution in [2.45, 2.75) is 13.1 Å². The van der Waals surface area contributed by atoms with Crippen molar-refractivity contribution in [3.63, 3.8) is 0 Å². The molecule has 0 aliphatic carbocycles. The maximum absolute atomic E-state index is 11.8. The maximum Gasteiger partial charge on any atom is 0.250 e. The molecule has 0 saturated carbocycles. The number of pyridine rings is 2. The average molecular weight is 292 g/mol. The van der Waals surface area contributed by atoms with Crippen molar-refractivity contribution < 1.29 is 0 Å². The summed E-state index contributed by atoms with van der Waals surface area (Å²) in [7, 11) is 0. The molecule has 0 bridgehead atoms. The molecule has 0 radical (unpaired) electrons. The van der Waals surface area contributed by atoms with E-state index in [0.29, 0.717) is 13.1 Å². The Labute approximate surface area is 127 Å². The molecule has 0 atom stereocenters. The van der Waals surface area contributed by atoms with Gasteiger partial charge >= 0.3 is 0 Å². The van der Waals surface area contributed by atoms with E-state index < -0.39 is 0 Å². The summed E-state index contributed by atoms with van der Waals surface area (Å²) in [5, 5.41) is 0. The normalized spacial score (nSPS) is 10.5. The molecule has 0 aliphatic rings. The minimum absolute atomic E-state index is 0.0211. The molecule has 2 heterocycles. The van der Waals surface area contributed by atoms with E-state index in [1.54, 1.807) is 45.8 Å². The number of hydrogen-bond donors (Lipinski definition) is 0. The molecular formula is C18H16N2O2. The second kappa shape index (κ2) is 6.26. The van der Waals surface area contributed by atoms with Gasteiger partial charge in [0.15, 0.2) is 0 Å². The van der Waals surface area contributed by atoms with E-state index >= 15 is 0 Å². The smallest absolute Gasteiger partial charge is 0.250 e. The summed E-state index contributed by atoms with van der Waals surface area (Å²) in [5.41, 5.74) is 2.03. The first-order chi connectivity index (χ1) is 10.7. The first-order valence-corrected chi connectivity index (χ1v) is 7.11. The largest absolute Gasteiger partial charge is 0.311 e. The highest BCUT2D eigenvalue weighted by Gasteiger charge is 2.01. The van der Waals surface area contributed by atoms with Crippen LogP contribution in [0.4, 0.5) is 0 Å². The summed E-state index contributed by atoms with van der Waals surface area (Å²) < 4.78 is 3.32. The fraction of sp³-hybridized carbons (Fsp3) is 0.111. The van der Waals surface area contributed by atoms with Crippen LogP contribution in [0.3, 0.4) is 0 Å². The summed E-state index contributed by atoms with van der Waals surface area (Å²) in [6, 6.07) is 18.2. The molecule has 2 aromatic heterocycles. The average Bonchev–Trinajstić information content (AvgIpc) is 2.52. The van der Waals surface area contributed by atoms with Crippen LogP contribution >= 0.6 is 0 Å². The van der Waals surface area contributed by atoms with Gasteiger partial charge in [-0.25, -0.2) is 0 Å². The van der Waals surface area contributed by atoms with Crippen molar-refractivity contribution in [3.05, 3.63) is 105 Å². The lowest BCUT2D eigenvalue weighted by Gasteiger charge is -2.09. The number of rotatable bonds is 4. The molecule has 0 fully saturated rings. The lowest BCUT2D eigenvalue weighted by atomic mass is 10.1. The van der Waals surface area contributed by atoms with Crippen LogP contribution in [0.5, 0.6) is 0 Å². The minimum Gasteiger partial charge on any atom is -0.311 e. The first-order valence-electron chi connectivity index (χ1n) is 7.11. The predicted molar refractivity (Wildman–Crippen MR) is 86.1 cm³/mol. The SMILES string of the molecule is O=c1ccccn1Cc1cccc(Cn2ccccc2=O)c1. The van der Waals surface area contributed by atoms with Crippen molar-refractivity contribution in [2.75, 3.05) is 0 Å². The summed E-state index contributed by atoms with van der Waals surface area (Å²) in [6.07, 6.45) is 3.55. The summed E-state index contributed by atoms with van der Waals surface area (Å²) in [6.45, 7) is 1.05. The van der Waals surface area contributed by atoms with Gasteiger partial charge in [-0.1, -0.05) is 36.4 Å². The van der Waals surface area contributed by atoms with Crippen molar-refractivity contribution in [2.24, 2.45) is 0 Å². The standard InChI is InChI=1S/C18H16N2O2/c21-17-8-1-3-10-19(17)13-15-6-5-7-16(12-15)14-20-11-4-2-9-18(20)22/h1-12H,13-14H2. The Morgan fingerprint density at radius 3 is 1.59 bits per heavy atom. The Morgan fingerprint density at radius 2 is 1.14 bits per heavy atom. The molecule has 22 heavy (non-hydrogen) atoms. The zero-order chi connectivity index (χ0) is 15.4. The number of benzene rings is 1. The van der Waals surface area contributed by atoms with E-state index in [2.05, 4.69) is 0 Å². The van der Waals surface area contributed by atoms with Crippen LogP contribution in [0.15, 0.2) is 82.6 Å². The van der Waals surface area contributed by atoms with Crippen molar-refractivity contribution >= 4 is 0 Å². The molecule has 3 rings (SSSR count). The van der Waals surface area contributed by atoms with Gasteiger partial charge in [-0.3, -0.25) is 9.59 Å². The third-order valence-corrected chi connectivity index (χ3v) is 3.50. The molecule has 1 aromatic carbocycles. The van der Waals surface area contributed by atoms with Crippen LogP contribution in [-0.2, 0) is 13.1 Å². The minimum atomic E-state index is -0.0211. The van der Waals surface area contributed by atoms with Crippen LogP contribution in [-0.4, -0.2) is 9.13 Å². The van der Waals surface area contributed by atoms with Gasteiger partial charge in [-0.15, -0.1) is 0 Å². The highest BCUT2D eigenvalue weighted by atomic mass is 16.1. The van der Waals surface area contributed by atoms with Gasteiger partial charge in [0, 0.05) is 24.5 Å². The van der Waals surface area contributed by atoms with Gasteiger partial charge in [0.1, 0.15) is 0 Å². The Morgan fingerprint density at radius 1 is 0.636 bits per heavy atom. The Hall–Kier alpha value is -2.88. The summed E-state index contributed by atoms with van der Waals surface area (Å²) in [5.74, 6) is 0. The van der Waals surface area contributed by atoms with Crippen LogP contribution in [0, 0.1) is 0 Å².